The summed E-state index contributed by atoms with van der Waals surface area (Å²) in [4.78, 5) is 62.2. The van der Waals surface area contributed by atoms with Gasteiger partial charge in [-0.1, -0.05) is 56.0 Å². The highest BCUT2D eigenvalue weighted by atomic mass is 32.2. The molecule has 2 aromatic carbocycles. The zero-order chi connectivity index (χ0) is 39.8. The Morgan fingerprint density at radius 3 is 2.39 bits per heavy atom. The van der Waals surface area contributed by atoms with Gasteiger partial charge in [-0.15, -0.1) is 0 Å². The fraction of sp³-hybridized carbons (Fsp3) is 0.537. The van der Waals surface area contributed by atoms with Crippen LogP contribution in [0.5, 0.6) is 11.5 Å². The average Bonchev–Trinajstić information content (AvgIpc) is 4.08. The normalized spacial score (nSPS) is 25.9. The molecule has 56 heavy (non-hydrogen) atoms. The third-order valence-corrected chi connectivity index (χ3v) is 12.8. The van der Waals surface area contributed by atoms with Crippen molar-refractivity contribution in [2.24, 2.45) is 5.92 Å². The van der Waals surface area contributed by atoms with E-state index in [1.807, 2.05) is 48.5 Å². The molecular weight excluding hydrogens is 739 g/mol. The molecule has 14 nitrogen and oxygen atoms in total. The molecule has 4 fully saturated rings. The molecular formula is C41H51N5O9S. The molecule has 15 heteroatoms. The maximum absolute atomic E-state index is 14.6. The number of ether oxygens (including phenoxy) is 3. The van der Waals surface area contributed by atoms with E-state index < -0.39 is 68.4 Å². The Morgan fingerprint density at radius 2 is 1.70 bits per heavy atom. The molecule has 2 aliphatic carbocycles. The Balaban J connectivity index is 1.22. The number of sulfonamides is 1. The van der Waals surface area contributed by atoms with Gasteiger partial charge in [-0.25, -0.2) is 18.2 Å². The number of hydrogen-bond acceptors (Lipinski definition) is 10. The first-order valence-electron chi connectivity index (χ1n) is 19.5. The fourth-order valence-electron chi connectivity index (χ4n) is 7.86. The van der Waals surface area contributed by atoms with Crippen molar-refractivity contribution in [2.45, 2.75) is 120 Å². The van der Waals surface area contributed by atoms with Crippen LogP contribution in [0.3, 0.4) is 0 Å². The van der Waals surface area contributed by atoms with Gasteiger partial charge in [0, 0.05) is 29.5 Å². The molecule has 300 valence electrons. The van der Waals surface area contributed by atoms with Gasteiger partial charge in [-0.05, 0) is 70.9 Å². The molecule has 1 aromatic heterocycles. The van der Waals surface area contributed by atoms with Crippen LogP contribution in [0.2, 0.25) is 0 Å². The minimum atomic E-state index is -3.87. The summed E-state index contributed by atoms with van der Waals surface area (Å²) >= 11 is 0. The first kappa shape index (κ1) is 39.3. The minimum Gasteiger partial charge on any atom is -0.497 e. The number of aromatic nitrogens is 1. The van der Waals surface area contributed by atoms with Crippen LogP contribution in [-0.4, -0.2) is 90.3 Å². The van der Waals surface area contributed by atoms with E-state index in [1.54, 1.807) is 33.9 Å². The molecule has 2 aliphatic heterocycles. The number of nitrogens with one attached hydrogen (secondary N) is 3. The van der Waals surface area contributed by atoms with Crippen molar-refractivity contribution in [3.63, 3.8) is 0 Å². The van der Waals surface area contributed by atoms with Gasteiger partial charge in [0.1, 0.15) is 40.8 Å². The van der Waals surface area contributed by atoms with Gasteiger partial charge in [-0.3, -0.25) is 19.1 Å². The molecule has 1 unspecified atom stereocenters. The van der Waals surface area contributed by atoms with Gasteiger partial charge in [0.2, 0.25) is 21.8 Å². The second kappa shape index (κ2) is 15.5. The predicted molar refractivity (Wildman–Crippen MR) is 208 cm³/mol. The van der Waals surface area contributed by atoms with Crippen molar-refractivity contribution in [3.05, 3.63) is 54.6 Å². The van der Waals surface area contributed by atoms with Crippen LogP contribution in [0, 0.1) is 5.92 Å². The summed E-state index contributed by atoms with van der Waals surface area (Å²) < 4.78 is 45.7. The number of benzene rings is 2. The second-order valence-electron chi connectivity index (χ2n) is 16.5. The number of carbonyl (C=O) groups is 4. The number of rotatable bonds is 8. The quantitative estimate of drug-likeness (QED) is 0.281. The van der Waals surface area contributed by atoms with Crippen LogP contribution >= 0.6 is 0 Å². The molecule has 4 aliphatic rings. The summed E-state index contributed by atoms with van der Waals surface area (Å²) in [5, 5.41) is 5.79. The van der Waals surface area contributed by atoms with Crippen molar-refractivity contribution in [1.82, 2.24) is 25.2 Å². The Kier molecular flexibility index (Phi) is 10.9. The van der Waals surface area contributed by atoms with E-state index in [4.69, 9.17) is 19.2 Å². The smallest absolute Gasteiger partial charge is 0.408 e. The van der Waals surface area contributed by atoms with Crippen molar-refractivity contribution >= 4 is 44.7 Å². The number of carbonyl (C=O) groups excluding carboxylic acids is 4. The number of fused-ring (bicyclic) bond motifs is 3. The van der Waals surface area contributed by atoms with Gasteiger partial charge in [-0.2, -0.15) is 0 Å². The van der Waals surface area contributed by atoms with E-state index in [0.717, 1.165) is 24.8 Å². The minimum absolute atomic E-state index is 0.00272. The Labute approximate surface area is 327 Å². The maximum Gasteiger partial charge on any atom is 0.408 e. The van der Waals surface area contributed by atoms with Crippen molar-refractivity contribution in [1.29, 1.82) is 0 Å². The van der Waals surface area contributed by atoms with E-state index in [-0.39, 0.29) is 18.9 Å². The predicted octanol–water partition coefficient (Wildman–Crippen LogP) is 4.99. The SMILES string of the molecule is COc1ccc2c(O[C@@H]3C[C@H]4C(=O)N[C@]5(C(=O)NS(=O)(=O)C6CC6)CC5CCCCCC[C@H](NC(=O)OC(C)(C)C)C(=O)N4C3)cc(-c3ccccc3)nc2c1. The summed E-state index contributed by atoms with van der Waals surface area (Å²) in [6, 6.07) is 14.8. The van der Waals surface area contributed by atoms with Gasteiger partial charge in [0.05, 0.1) is 30.1 Å². The molecule has 3 N–H and O–H groups in total. The zero-order valence-electron chi connectivity index (χ0n) is 32.3. The molecule has 2 saturated heterocycles. The van der Waals surface area contributed by atoms with Gasteiger partial charge >= 0.3 is 6.09 Å². The Bertz CT molecular complexity index is 2100. The van der Waals surface area contributed by atoms with Crippen molar-refractivity contribution in [2.75, 3.05) is 13.7 Å². The number of amides is 4. The van der Waals surface area contributed by atoms with Crippen molar-refractivity contribution in [3.8, 4) is 22.8 Å². The molecule has 0 bridgehead atoms. The Morgan fingerprint density at radius 1 is 0.964 bits per heavy atom. The van der Waals surface area contributed by atoms with Crippen molar-refractivity contribution < 1.29 is 41.8 Å². The third kappa shape index (κ3) is 8.72. The van der Waals surface area contributed by atoms with Crippen LogP contribution in [0.1, 0.15) is 85.0 Å². The van der Waals surface area contributed by atoms with E-state index in [2.05, 4.69) is 15.4 Å². The highest BCUT2D eigenvalue weighted by molar-refractivity contribution is 7.91. The lowest BCUT2D eigenvalue weighted by molar-refractivity contribution is -0.141. The highest BCUT2D eigenvalue weighted by Crippen LogP contribution is 2.48. The summed E-state index contributed by atoms with van der Waals surface area (Å²) in [5.41, 5.74) is -0.0788. The third-order valence-electron chi connectivity index (χ3n) is 11.0. The second-order valence-corrected chi connectivity index (χ2v) is 18.4. The lowest BCUT2D eigenvalue weighted by Crippen LogP contribution is -2.58. The number of methoxy groups -OCH3 is 1. The van der Waals surface area contributed by atoms with E-state index in [1.165, 1.54) is 4.90 Å². The number of hydrogen-bond donors (Lipinski definition) is 3. The molecule has 7 rings (SSSR count). The fourth-order valence-corrected chi connectivity index (χ4v) is 9.23. The zero-order valence-corrected chi connectivity index (χ0v) is 33.2. The molecule has 2 saturated carbocycles. The first-order chi connectivity index (χ1) is 26.7. The average molecular weight is 790 g/mol. The molecule has 3 heterocycles. The van der Waals surface area contributed by atoms with E-state index in [9.17, 15) is 27.6 Å². The monoisotopic (exact) mass is 789 g/mol. The van der Waals surface area contributed by atoms with Crippen LogP contribution < -0.4 is 24.8 Å². The van der Waals surface area contributed by atoms with Gasteiger partial charge < -0.3 is 29.7 Å². The summed E-state index contributed by atoms with van der Waals surface area (Å²) in [5.74, 6) is -0.949. The van der Waals surface area contributed by atoms with Gasteiger partial charge in [0.15, 0.2) is 0 Å². The molecule has 4 amide bonds. The van der Waals surface area contributed by atoms with E-state index >= 15 is 0 Å². The van der Waals surface area contributed by atoms with Crippen LogP contribution in [0.25, 0.3) is 22.2 Å². The van der Waals surface area contributed by atoms with Gasteiger partial charge in [0.25, 0.3) is 5.91 Å². The molecule has 0 spiro atoms. The lowest BCUT2D eigenvalue weighted by atomic mass is 10.0. The number of nitrogens with zero attached hydrogens (tertiary/aromatic N) is 2. The largest absolute Gasteiger partial charge is 0.497 e. The topological polar surface area (TPSA) is 182 Å². The number of alkyl carbamates (subject to hydrolysis) is 1. The first-order valence-corrected chi connectivity index (χ1v) is 21.1. The molecule has 3 aromatic rings. The standard InChI is InChI=1S/C41H51N5O9S/c1-40(2,3)55-39(50)43-31-15-11-6-5-10-14-26-23-41(26,38(49)45-56(51,52)29-17-18-29)44-36(47)34-21-28(24-46(34)37(31)48)54-35-22-32(25-12-8-7-9-13-25)42-33-20-27(53-4)16-19-30(33)35/h7-9,12-13,16,19-20,22,26,28-29,31,34H,5-6,10-11,14-15,17-18,21,23-24H2,1-4H3,(H,43,50)(H,44,47)(H,45,49)/t26?,28-,31+,34+,41-/m1/s1. The maximum atomic E-state index is 14.6. The van der Waals surface area contributed by atoms with E-state index in [0.29, 0.717) is 66.6 Å². The van der Waals surface area contributed by atoms with Crippen LogP contribution in [-0.2, 0) is 29.1 Å². The Hall–Kier alpha value is -4.92. The lowest BCUT2D eigenvalue weighted by Gasteiger charge is -2.30. The summed E-state index contributed by atoms with van der Waals surface area (Å²) in [6.07, 6.45) is 3.82. The number of pyridine rings is 1. The van der Waals surface area contributed by atoms with Crippen LogP contribution in [0.15, 0.2) is 54.6 Å². The summed E-state index contributed by atoms with van der Waals surface area (Å²) in [7, 11) is -2.30. The highest BCUT2D eigenvalue weighted by Gasteiger charge is 2.62. The molecule has 0 radical (unpaired) electrons. The summed E-state index contributed by atoms with van der Waals surface area (Å²) in [6.45, 7) is 5.21. The van der Waals surface area contributed by atoms with Crippen LogP contribution in [0.4, 0.5) is 4.79 Å². The molecule has 5 atom stereocenters.